The molecule has 8 heteroatoms. The maximum atomic E-state index is 12.3. The number of imide groups is 1. The van der Waals surface area contributed by atoms with Crippen molar-refractivity contribution in [1.29, 1.82) is 0 Å². The van der Waals surface area contributed by atoms with E-state index in [2.05, 4.69) is 5.32 Å². The molecule has 114 valence electrons. The van der Waals surface area contributed by atoms with Crippen molar-refractivity contribution >= 4 is 11.9 Å². The lowest BCUT2D eigenvalue weighted by Gasteiger charge is -2.23. The van der Waals surface area contributed by atoms with Gasteiger partial charge in [0.25, 0.3) is 5.91 Å². The van der Waals surface area contributed by atoms with Crippen molar-refractivity contribution in [1.82, 2.24) is 15.1 Å². The predicted molar refractivity (Wildman–Crippen MR) is 65.0 cm³/mol. The van der Waals surface area contributed by atoms with Crippen molar-refractivity contribution in [2.24, 2.45) is 0 Å². The molecule has 5 nitrogen and oxygen atoms in total. The Bertz CT molecular complexity index is 425. The summed E-state index contributed by atoms with van der Waals surface area (Å²) in [5, 5.41) is 2.65. The molecule has 1 spiro atoms. The largest absolute Gasteiger partial charge is 0.390 e. The topological polar surface area (TPSA) is 52.7 Å². The third kappa shape index (κ3) is 2.74. The molecule has 1 N–H and O–H groups in total. The number of likely N-dealkylation sites (tertiary alicyclic amines) is 1. The van der Waals surface area contributed by atoms with Gasteiger partial charge in [0.2, 0.25) is 0 Å². The van der Waals surface area contributed by atoms with Crippen LogP contribution in [0.1, 0.15) is 26.7 Å². The molecular weight excluding hydrogens is 275 g/mol. The summed E-state index contributed by atoms with van der Waals surface area (Å²) in [6.45, 7) is 3.85. The van der Waals surface area contributed by atoms with Crippen LogP contribution < -0.4 is 5.32 Å². The summed E-state index contributed by atoms with van der Waals surface area (Å²) >= 11 is 0. The Morgan fingerprint density at radius 3 is 2.50 bits per heavy atom. The highest BCUT2D eigenvalue weighted by molar-refractivity contribution is 6.07. The summed E-state index contributed by atoms with van der Waals surface area (Å²) in [5.41, 5.74) is -1.03. The van der Waals surface area contributed by atoms with E-state index in [1.54, 1.807) is 18.7 Å². The van der Waals surface area contributed by atoms with E-state index in [1.807, 2.05) is 0 Å². The predicted octanol–water partition coefficient (Wildman–Crippen LogP) is 1.34. The Hall–Kier alpha value is -1.31. The van der Waals surface area contributed by atoms with E-state index in [0.29, 0.717) is 13.0 Å². The minimum Gasteiger partial charge on any atom is -0.322 e. The number of halogens is 3. The standard InChI is InChI=1S/C12H18F3N3O2/c1-8(2)18-9(19)11(16-10(18)20)3-5-17(7-11)6-4-12(13,14)15/h8H,3-7H2,1-2H3,(H,16,20)/t11-/m1/s1. The second-order valence-electron chi connectivity index (χ2n) is 5.67. The molecule has 0 unspecified atom stereocenters. The fraction of sp³-hybridized carbons (Fsp3) is 0.833. The van der Waals surface area contributed by atoms with E-state index in [0.717, 1.165) is 4.90 Å². The first kappa shape index (κ1) is 15.1. The number of hydrogen-bond donors (Lipinski definition) is 1. The zero-order valence-corrected chi connectivity index (χ0v) is 11.5. The SMILES string of the molecule is CC(C)N1C(=O)N[C@@]2(CCN(CCC(F)(F)F)C2)C1=O. The Labute approximate surface area is 115 Å². The first-order valence-corrected chi connectivity index (χ1v) is 6.59. The third-order valence-corrected chi connectivity index (χ3v) is 3.77. The van der Waals surface area contributed by atoms with E-state index in [9.17, 15) is 22.8 Å². The first-order chi connectivity index (χ1) is 9.15. The number of carbonyl (C=O) groups is 2. The Balaban J connectivity index is 2.01. The third-order valence-electron chi connectivity index (χ3n) is 3.77. The van der Waals surface area contributed by atoms with Crippen molar-refractivity contribution in [3.63, 3.8) is 0 Å². The van der Waals surface area contributed by atoms with Crippen molar-refractivity contribution in [3.05, 3.63) is 0 Å². The molecule has 0 aromatic rings. The molecule has 2 saturated heterocycles. The van der Waals surface area contributed by atoms with Crippen LogP contribution in [0.2, 0.25) is 0 Å². The number of nitrogens with zero attached hydrogens (tertiary/aromatic N) is 2. The fourth-order valence-corrected chi connectivity index (χ4v) is 2.75. The van der Waals surface area contributed by atoms with E-state index < -0.39 is 24.2 Å². The van der Waals surface area contributed by atoms with Gasteiger partial charge in [-0.2, -0.15) is 13.2 Å². The van der Waals surface area contributed by atoms with Crippen LogP contribution >= 0.6 is 0 Å². The molecule has 1 atom stereocenters. The molecule has 2 heterocycles. The molecule has 0 aromatic carbocycles. The lowest BCUT2D eigenvalue weighted by atomic mass is 9.98. The number of carbonyl (C=O) groups excluding carboxylic acids is 2. The molecule has 3 amide bonds. The average Bonchev–Trinajstić information content (AvgIpc) is 2.79. The maximum Gasteiger partial charge on any atom is 0.390 e. The second-order valence-corrected chi connectivity index (χ2v) is 5.67. The number of urea groups is 1. The van der Waals surface area contributed by atoms with Gasteiger partial charge in [-0.25, -0.2) is 4.79 Å². The van der Waals surface area contributed by atoms with Crippen molar-refractivity contribution < 1.29 is 22.8 Å². The molecule has 2 fully saturated rings. The van der Waals surface area contributed by atoms with Gasteiger partial charge in [0, 0.05) is 25.7 Å². The molecule has 0 aromatic heterocycles. The molecular formula is C12H18F3N3O2. The van der Waals surface area contributed by atoms with E-state index in [-0.39, 0.29) is 25.0 Å². The molecule has 2 aliphatic heterocycles. The van der Waals surface area contributed by atoms with Gasteiger partial charge in [0.05, 0.1) is 6.42 Å². The Morgan fingerprint density at radius 1 is 1.35 bits per heavy atom. The highest BCUT2D eigenvalue weighted by Crippen LogP contribution is 2.30. The zero-order chi connectivity index (χ0) is 15.1. The molecule has 20 heavy (non-hydrogen) atoms. The fourth-order valence-electron chi connectivity index (χ4n) is 2.75. The maximum absolute atomic E-state index is 12.3. The minimum atomic E-state index is -4.21. The summed E-state index contributed by atoms with van der Waals surface area (Å²) < 4.78 is 36.6. The van der Waals surface area contributed by atoms with Crippen molar-refractivity contribution in [3.8, 4) is 0 Å². The molecule has 2 rings (SSSR count). The number of amides is 3. The Morgan fingerprint density at radius 2 is 2.00 bits per heavy atom. The van der Waals surface area contributed by atoms with E-state index >= 15 is 0 Å². The van der Waals surface area contributed by atoms with E-state index in [1.165, 1.54) is 0 Å². The molecule has 0 aliphatic carbocycles. The summed E-state index contributed by atoms with van der Waals surface area (Å²) in [7, 11) is 0. The van der Waals surface area contributed by atoms with Crippen LogP contribution in [0.5, 0.6) is 0 Å². The van der Waals surface area contributed by atoms with Crippen LogP contribution in [0, 0.1) is 0 Å². The van der Waals surface area contributed by atoms with Gasteiger partial charge in [-0.15, -0.1) is 0 Å². The normalized spacial score (nSPS) is 28.0. The first-order valence-electron chi connectivity index (χ1n) is 6.59. The summed E-state index contributed by atoms with van der Waals surface area (Å²) in [6, 6.07) is -0.714. The van der Waals surface area contributed by atoms with Gasteiger partial charge in [-0.05, 0) is 20.3 Å². The van der Waals surface area contributed by atoms with Gasteiger partial charge < -0.3 is 10.2 Å². The lowest BCUT2D eigenvalue weighted by molar-refractivity contribution is -0.137. The number of hydrogen-bond acceptors (Lipinski definition) is 3. The average molecular weight is 293 g/mol. The smallest absolute Gasteiger partial charge is 0.322 e. The van der Waals surface area contributed by atoms with E-state index in [4.69, 9.17) is 0 Å². The molecule has 2 aliphatic rings. The van der Waals surface area contributed by atoms with Crippen molar-refractivity contribution in [2.75, 3.05) is 19.6 Å². The van der Waals surface area contributed by atoms with Gasteiger partial charge in [-0.3, -0.25) is 9.69 Å². The van der Waals surface area contributed by atoms with Crippen LogP contribution in [0.3, 0.4) is 0 Å². The minimum absolute atomic E-state index is 0.143. The second kappa shape index (κ2) is 4.91. The monoisotopic (exact) mass is 293 g/mol. The molecule has 0 saturated carbocycles. The molecule has 0 bridgehead atoms. The van der Waals surface area contributed by atoms with Crippen LogP contribution in [0.25, 0.3) is 0 Å². The highest BCUT2D eigenvalue weighted by atomic mass is 19.4. The van der Waals surface area contributed by atoms with Crippen LogP contribution in [0.15, 0.2) is 0 Å². The van der Waals surface area contributed by atoms with Gasteiger partial charge in [0.1, 0.15) is 5.54 Å². The Kier molecular flexibility index (Phi) is 3.70. The van der Waals surface area contributed by atoms with Crippen LogP contribution in [-0.2, 0) is 4.79 Å². The summed E-state index contributed by atoms with van der Waals surface area (Å²) in [6.07, 6.45) is -4.75. The summed E-state index contributed by atoms with van der Waals surface area (Å²) in [4.78, 5) is 26.9. The number of nitrogens with one attached hydrogen (secondary N) is 1. The summed E-state index contributed by atoms with van der Waals surface area (Å²) in [5.74, 6) is -0.327. The van der Waals surface area contributed by atoms with Gasteiger partial charge >= 0.3 is 12.2 Å². The number of rotatable bonds is 3. The quantitative estimate of drug-likeness (QED) is 0.799. The van der Waals surface area contributed by atoms with Gasteiger partial charge in [-0.1, -0.05) is 0 Å². The highest BCUT2D eigenvalue weighted by Gasteiger charge is 2.55. The van der Waals surface area contributed by atoms with Gasteiger partial charge in [0.15, 0.2) is 0 Å². The lowest BCUT2D eigenvalue weighted by Crippen LogP contribution is -2.49. The number of alkyl halides is 3. The van der Waals surface area contributed by atoms with Crippen LogP contribution in [-0.4, -0.2) is 59.1 Å². The molecule has 0 radical (unpaired) electrons. The van der Waals surface area contributed by atoms with Crippen molar-refractivity contribution in [2.45, 2.75) is 44.4 Å². The zero-order valence-electron chi connectivity index (χ0n) is 11.5. The van der Waals surface area contributed by atoms with Crippen LogP contribution in [0.4, 0.5) is 18.0 Å².